The Hall–Kier alpha value is -4.24. The summed E-state index contributed by atoms with van der Waals surface area (Å²) in [5.41, 5.74) is 4.09. The molecule has 7 heteroatoms. The van der Waals surface area contributed by atoms with Crippen molar-refractivity contribution >= 4 is 40.9 Å². The molecule has 4 aromatic rings. The summed E-state index contributed by atoms with van der Waals surface area (Å²) in [6, 6.07) is 29.4. The molecular weight excluding hydrogens is 519 g/mol. The van der Waals surface area contributed by atoms with Crippen molar-refractivity contribution in [3.05, 3.63) is 129 Å². The van der Waals surface area contributed by atoms with Crippen LogP contribution in [0.5, 0.6) is 11.5 Å². The molecule has 0 saturated heterocycles. The fraction of sp³-hybridized carbons (Fsp3) is 0.0968. The van der Waals surface area contributed by atoms with Crippen LogP contribution < -0.4 is 14.8 Å². The zero-order valence-corrected chi connectivity index (χ0v) is 22.1. The van der Waals surface area contributed by atoms with E-state index < -0.39 is 5.91 Å². The lowest BCUT2D eigenvalue weighted by Gasteiger charge is -2.11. The van der Waals surface area contributed by atoms with Crippen molar-refractivity contribution in [3.63, 3.8) is 0 Å². The fourth-order valence-electron chi connectivity index (χ4n) is 3.51. The maximum Gasteiger partial charge on any atom is 0.266 e. The molecule has 190 valence electrons. The highest BCUT2D eigenvalue weighted by Crippen LogP contribution is 2.26. The average molecular weight is 543 g/mol. The molecule has 0 fully saturated rings. The van der Waals surface area contributed by atoms with Crippen LogP contribution in [0.1, 0.15) is 22.3 Å². The number of amides is 1. The van der Waals surface area contributed by atoms with E-state index in [1.165, 1.54) is 11.6 Å². The number of rotatable bonds is 9. The molecule has 0 bridgehead atoms. The minimum atomic E-state index is -0.531. The van der Waals surface area contributed by atoms with Gasteiger partial charge in [-0.3, -0.25) is 4.79 Å². The van der Waals surface area contributed by atoms with E-state index >= 15 is 0 Å². The molecular formula is C31H24Cl2N2O3. The summed E-state index contributed by atoms with van der Waals surface area (Å²) in [7, 11) is 0. The number of aryl methyl sites for hydroxylation is 1. The number of carbonyl (C=O) groups excluding carboxylic acids is 1. The van der Waals surface area contributed by atoms with Crippen molar-refractivity contribution in [1.29, 1.82) is 5.26 Å². The molecule has 0 aromatic heterocycles. The van der Waals surface area contributed by atoms with Crippen LogP contribution in [0.15, 0.2) is 96.6 Å². The second kappa shape index (κ2) is 12.8. The van der Waals surface area contributed by atoms with Crippen LogP contribution in [-0.4, -0.2) is 5.91 Å². The number of carbonyl (C=O) groups is 1. The Morgan fingerprint density at radius 2 is 1.66 bits per heavy atom. The van der Waals surface area contributed by atoms with E-state index in [2.05, 4.69) is 5.32 Å². The summed E-state index contributed by atoms with van der Waals surface area (Å²) in [5.74, 6) is 0.650. The minimum absolute atomic E-state index is 0.0646. The van der Waals surface area contributed by atoms with Crippen molar-refractivity contribution in [2.75, 3.05) is 5.32 Å². The number of nitrogens with zero attached hydrogens (tertiary/aromatic N) is 1. The van der Waals surface area contributed by atoms with Gasteiger partial charge in [0.2, 0.25) is 0 Å². The SMILES string of the molecule is Cc1ccc(COc2ccc(NC(=O)/C(C#N)=C/c3ccccc3OCc3ccc(Cl)cc3Cl)cc2)cc1. The average Bonchev–Trinajstić information content (AvgIpc) is 2.92. The van der Waals surface area contributed by atoms with Crippen LogP contribution >= 0.6 is 23.2 Å². The molecule has 0 saturated carbocycles. The van der Waals surface area contributed by atoms with Crippen LogP contribution in [0.25, 0.3) is 6.08 Å². The molecule has 0 radical (unpaired) electrons. The minimum Gasteiger partial charge on any atom is -0.489 e. The molecule has 0 spiro atoms. The third kappa shape index (κ3) is 7.39. The number of halogens is 2. The van der Waals surface area contributed by atoms with Crippen LogP contribution in [0.3, 0.4) is 0 Å². The van der Waals surface area contributed by atoms with Crippen molar-refractivity contribution in [2.45, 2.75) is 20.1 Å². The van der Waals surface area contributed by atoms with Crippen LogP contribution in [0.4, 0.5) is 5.69 Å². The molecule has 4 aromatic carbocycles. The van der Waals surface area contributed by atoms with E-state index in [-0.39, 0.29) is 12.2 Å². The molecule has 1 N–H and O–H groups in total. The highest BCUT2D eigenvalue weighted by Gasteiger charge is 2.12. The van der Waals surface area contributed by atoms with Gasteiger partial charge in [0.1, 0.15) is 36.4 Å². The second-order valence-electron chi connectivity index (χ2n) is 8.48. The maximum atomic E-state index is 12.8. The normalized spacial score (nSPS) is 10.9. The Labute approximate surface area is 231 Å². The third-order valence-electron chi connectivity index (χ3n) is 5.62. The van der Waals surface area contributed by atoms with Crippen molar-refractivity contribution in [3.8, 4) is 17.6 Å². The van der Waals surface area contributed by atoms with E-state index in [0.29, 0.717) is 39.4 Å². The summed E-state index contributed by atoms with van der Waals surface area (Å²) < 4.78 is 11.7. The van der Waals surface area contributed by atoms with Gasteiger partial charge in [-0.25, -0.2) is 0 Å². The lowest BCUT2D eigenvalue weighted by molar-refractivity contribution is -0.112. The fourth-order valence-corrected chi connectivity index (χ4v) is 3.98. The summed E-state index contributed by atoms with van der Waals surface area (Å²) in [6.45, 7) is 2.68. The zero-order chi connectivity index (χ0) is 26.9. The first-order valence-electron chi connectivity index (χ1n) is 11.8. The van der Waals surface area contributed by atoms with E-state index in [9.17, 15) is 10.1 Å². The monoisotopic (exact) mass is 542 g/mol. The van der Waals surface area contributed by atoms with Gasteiger partial charge in [-0.1, -0.05) is 77.3 Å². The molecule has 0 aliphatic carbocycles. The Morgan fingerprint density at radius 1 is 0.921 bits per heavy atom. The molecule has 0 atom stereocenters. The van der Waals surface area contributed by atoms with Gasteiger partial charge in [0.05, 0.1) is 0 Å². The first-order valence-corrected chi connectivity index (χ1v) is 12.5. The first-order chi connectivity index (χ1) is 18.4. The Bertz CT molecular complexity index is 1490. The predicted molar refractivity (Wildman–Crippen MR) is 151 cm³/mol. The number of benzene rings is 4. The second-order valence-corrected chi connectivity index (χ2v) is 9.33. The summed E-state index contributed by atoms with van der Waals surface area (Å²) in [5, 5.41) is 13.5. The highest BCUT2D eigenvalue weighted by atomic mass is 35.5. The van der Waals surface area contributed by atoms with Gasteiger partial charge in [0.15, 0.2) is 0 Å². The van der Waals surface area contributed by atoms with Crippen LogP contribution in [0.2, 0.25) is 10.0 Å². The number of ether oxygens (including phenoxy) is 2. The van der Waals surface area contributed by atoms with E-state index in [4.69, 9.17) is 32.7 Å². The summed E-state index contributed by atoms with van der Waals surface area (Å²) in [6.07, 6.45) is 1.49. The van der Waals surface area contributed by atoms with Gasteiger partial charge >= 0.3 is 0 Å². The summed E-state index contributed by atoms with van der Waals surface area (Å²) in [4.78, 5) is 12.8. The molecule has 4 rings (SSSR count). The number of hydrogen-bond acceptors (Lipinski definition) is 4. The Kier molecular flexibility index (Phi) is 9.05. The number of nitrogens with one attached hydrogen (secondary N) is 1. The lowest BCUT2D eigenvalue weighted by atomic mass is 10.1. The zero-order valence-electron chi connectivity index (χ0n) is 20.6. The number of nitriles is 1. The van der Waals surface area contributed by atoms with Crippen molar-refractivity contribution < 1.29 is 14.3 Å². The van der Waals surface area contributed by atoms with Gasteiger partial charge in [-0.2, -0.15) is 5.26 Å². The van der Waals surface area contributed by atoms with Gasteiger partial charge in [-0.15, -0.1) is 0 Å². The topological polar surface area (TPSA) is 71.3 Å². The number of hydrogen-bond donors (Lipinski definition) is 1. The predicted octanol–water partition coefficient (Wildman–Crippen LogP) is 8.01. The van der Waals surface area contributed by atoms with Crippen LogP contribution in [-0.2, 0) is 18.0 Å². The molecule has 1 amide bonds. The molecule has 38 heavy (non-hydrogen) atoms. The Balaban J connectivity index is 1.40. The highest BCUT2D eigenvalue weighted by molar-refractivity contribution is 6.35. The standard InChI is InChI=1S/C31H24Cl2N2O3/c1-21-6-8-22(9-7-21)19-37-28-14-12-27(13-15-28)35-31(36)25(18-34)16-23-4-2-3-5-30(23)38-20-24-10-11-26(32)17-29(24)33/h2-17H,19-20H2,1H3,(H,35,36)/b25-16+. The molecule has 0 heterocycles. The van der Waals surface area contributed by atoms with E-state index in [1.54, 1.807) is 60.7 Å². The maximum absolute atomic E-state index is 12.8. The number of anilines is 1. The summed E-state index contributed by atoms with van der Waals surface area (Å²) >= 11 is 12.2. The third-order valence-corrected chi connectivity index (χ3v) is 6.21. The van der Waals surface area contributed by atoms with Crippen molar-refractivity contribution in [1.82, 2.24) is 0 Å². The number of para-hydroxylation sites is 1. The quantitative estimate of drug-likeness (QED) is 0.172. The molecule has 5 nitrogen and oxygen atoms in total. The lowest BCUT2D eigenvalue weighted by Crippen LogP contribution is -2.13. The smallest absolute Gasteiger partial charge is 0.266 e. The van der Waals surface area contributed by atoms with Gasteiger partial charge < -0.3 is 14.8 Å². The van der Waals surface area contributed by atoms with E-state index in [0.717, 1.165) is 11.1 Å². The van der Waals surface area contributed by atoms with E-state index in [1.807, 2.05) is 43.3 Å². The Morgan fingerprint density at radius 3 is 2.37 bits per heavy atom. The van der Waals surface area contributed by atoms with Gasteiger partial charge in [0, 0.05) is 26.9 Å². The molecule has 0 aliphatic heterocycles. The van der Waals surface area contributed by atoms with Crippen molar-refractivity contribution in [2.24, 2.45) is 0 Å². The largest absolute Gasteiger partial charge is 0.489 e. The van der Waals surface area contributed by atoms with Crippen LogP contribution in [0, 0.1) is 18.3 Å². The first kappa shape index (κ1) is 26.8. The van der Waals surface area contributed by atoms with Gasteiger partial charge in [-0.05, 0) is 61.0 Å². The molecule has 0 unspecified atom stereocenters. The van der Waals surface area contributed by atoms with Gasteiger partial charge in [0.25, 0.3) is 5.91 Å². The molecule has 0 aliphatic rings.